The summed E-state index contributed by atoms with van der Waals surface area (Å²) >= 11 is 5.13. The lowest BCUT2D eigenvalue weighted by atomic mass is 9.95. The molecule has 0 aliphatic heterocycles. The molecule has 20 heavy (non-hydrogen) atoms. The summed E-state index contributed by atoms with van der Waals surface area (Å²) in [6.45, 7) is 9.84. The van der Waals surface area contributed by atoms with Gasteiger partial charge in [-0.3, -0.25) is 4.79 Å². The minimum absolute atomic E-state index is 0.0259. The highest BCUT2D eigenvalue weighted by Crippen LogP contribution is 2.19. The Labute approximate surface area is 125 Å². The molecule has 0 aromatic heterocycles. The van der Waals surface area contributed by atoms with E-state index >= 15 is 0 Å². The molecule has 1 aromatic carbocycles. The highest BCUT2D eigenvalue weighted by molar-refractivity contribution is 7.80. The predicted molar refractivity (Wildman–Crippen MR) is 88.9 cm³/mol. The molecule has 5 heteroatoms. The Morgan fingerprint density at radius 1 is 1.30 bits per heavy atom. The first kappa shape index (κ1) is 16.2. The minimum atomic E-state index is -0.426. The largest absolute Gasteiger partial charge is 0.359 e. The number of hydrogen-bond acceptors (Lipinski definition) is 2. The van der Waals surface area contributed by atoms with Crippen molar-refractivity contribution in [2.45, 2.75) is 20.8 Å². The third-order valence-electron chi connectivity index (χ3n) is 2.47. The van der Waals surface area contributed by atoms with Gasteiger partial charge in [-0.1, -0.05) is 32.9 Å². The highest BCUT2D eigenvalue weighted by atomic mass is 32.1. The molecule has 3 N–H and O–H groups in total. The fourth-order valence-electron chi connectivity index (χ4n) is 1.33. The molecule has 4 nitrogen and oxygen atoms in total. The lowest BCUT2D eigenvalue weighted by Gasteiger charge is -2.18. The van der Waals surface area contributed by atoms with Gasteiger partial charge >= 0.3 is 0 Å². The zero-order valence-corrected chi connectivity index (χ0v) is 12.9. The molecule has 0 heterocycles. The van der Waals surface area contributed by atoms with E-state index in [1.54, 1.807) is 6.08 Å². The first-order valence-corrected chi connectivity index (χ1v) is 6.81. The van der Waals surface area contributed by atoms with Gasteiger partial charge in [-0.15, -0.1) is 6.58 Å². The number of thiocarbonyl (C=S) groups is 1. The molecule has 1 aromatic rings. The maximum atomic E-state index is 11.9. The molecule has 0 saturated heterocycles. The second-order valence-electron chi connectivity index (χ2n) is 5.41. The molecule has 0 saturated carbocycles. The normalized spacial score (nSPS) is 10.6. The molecule has 0 spiro atoms. The van der Waals surface area contributed by atoms with E-state index in [0.717, 1.165) is 11.4 Å². The molecule has 0 fully saturated rings. The van der Waals surface area contributed by atoms with Gasteiger partial charge in [0.15, 0.2) is 5.11 Å². The molecule has 108 valence electrons. The first-order valence-electron chi connectivity index (χ1n) is 6.40. The van der Waals surface area contributed by atoms with Crippen LogP contribution in [0.3, 0.4) is 0 Å². The average molecular weight is 291 g/mol. The Kier molecular flexibility index (Phi) is 5.70. The van der Waals surface area contributed by atoms with Crippen LogP contribution in [0.15, 0.2) is 36.9 Å². The monoisotopic (exact) mass is 291 g/mol. The van der Waals surface area contributed by atoms with Gasteiger partial charge in [-0.25, -0.2) is 0 Å². The van der Waals surface area contributed by atoms with Gasteiger partial charge in [-0.05, 0) is 30.4 Å². The van der Waals surface area contributed by atoms with Crippen LogP contribution in [0, 0.1) is 5.41 Å². The van der Waals surface area contributed by atoms with Crippen molar-refractivity contribution in [3.8, 4) is 0 Å². The number of benzene rings is 1. The fraction of sp³-hybridized carbons (Fsp3) is 0.333. The molecule has 0 aliphatic rings. The summed E-state index contributed by atoms with van der Waals surface area (Å²) in [4.78, 5) is 11.9. The maximum absolute atomic E-state index is 11.9. The maximum Gasteiger partial charge on any atom is 0.229 e. The van der Waals surface area contributed by atoms with Crippen LogP contribution in [0.25, 0.3) is 0 Å². The van der Waals surface area contributed by atoms with Gasteiger partial charge in [0, 0.05) is 23.3 Å². The van der Waals surface area contributed by atoms with Crippen LogP contribution in [-0.2, 0) is 4.79 Å². The van der Waals surface area contributed by atoms with Crippen LogP contribution in [0.5, 0.6) is 0 Å². The summed E-state index contributed by atoms with van der Waals surface area (Å²) in [6.07, 6.45) is 1.73. The molecule has 0 bridgehead atoms. The fourth-order valence-corrected chi connectivity index (χ4v) is 1.53. The molecule has 0 aliphatic carbocycles. The van der Waals surface area contributed by atoms with Gasteiger partial charge in [0.2, 0.25) is 5.91 Å². The Hall–Kier alpha value is -1.88. The first-order chi connectivity index (χ1) is 9.32. The standard InChI is InChI=1S/C15H21N3OS/c1-5-9-16-14(20)18-12-8-6-7-11(10-12)17-13(19)15(2,3)4/h5-8,10H,1,9H2,2-4H3,(H,17,19)(H2,16,18,20). The second kappa shape index (κ2) is 7.05. The van der Waals surface area contributed by atoms with Crippen molar-refractivity contribution in [1.29, 1.82) is 0 Å². The average Bonchev–Trinajstić information content (AvgIpc) is 2.35. The van der Waals surface area contributed by atoms with Crippen LogP contribution in [-0.4, -0.2) is 17.6 Å². The molecule has 1 amide bonds. The Morgan fingerprint density at radius 2 is 1.90 bits per heavy atom. The summed E-state index contributed by atoms with van der Waals surface area (Å²) in [7, 11) is 0. The summed E-state index contributed by atoms with van der Waals surface area (Å²) in [5.74, 6) is -0.0259. The third kappa shape index (κ3) is 5.40. The zero-order chi connectivity index (χ0) is 15.2. The van der Waals surface area contributed by atoms with Gasteiger partial charge in [0.25, 0.3) is 0 Å². The van der Waals surface area contributed by atoms with Crippen LogP contribution in [0.4, 0.5) is 11.4 Å². The molecule has 1 rings (SSSR count). The lowest BCUT2D eigenvalue weighted by Crippen LogP contribution is -2.29. The van der Waals surface area contributed by atoms with Crippen molar-refractivity contribution >= 4 is 34.6 Å². The summed E-state index contributed by atoms with van der Waals surface area (Å²) in [5, 5.41) is 9.43. The third-order valence-corrected chi connectivity index (χ3v) is 2.71. The van der Waals surface area contributed by atoms with E-state index in [-0.39, 0.29) is 5.91 Å². The van der Waals surface area contributed by atoms with Crippen LogP contribution in [0.2, 0.25) is 0 Å². The van der Waals surface area contributed by atoms with Crippen LogP contribution < -0.4 is 16.0 Å². The molecular weight excluding hydrogens is 270 g/mol. The molecule has 0 atom stereocenters. The van der Waals surface area contributed by atoms with Gasteiger partial charge in [-0.2, -0.15) is 0 Å². The van der Waals surface area contributed by atoms with Crippen molar-refractivity contribution in [1.82, 2.24) is 5.32 Å². The number of nitrogens with one attached hydrogen (secondary N) is 3. The Bertz CT molecular complexity index is 506. The van der Waals surface area contributed by atoms with E-state index in [2.05, 4.69) is 22.5 Å². The highest BCUT2D eigenvalue weighted by Gasteiger charge is 2.21. The lowest BCUT2D eigenvalue weighted by molar-refractivity contribution is -0.123. The number of hydrogen-bond donors (Lipinski definition) is 3. The Morgan fingerprint density at radius 3 is 2.45 bits per heavy atom. The zero-order valence-electron chi connectivity index (χ0n) is 12.1. The number of rotatable bonds is 4. The van der Waals surface area contributed by atoms with Gasteiger partial charge < -0.3 is 16.0 Å². The summed E-state index contributed by atoms with van der Waals surface area (Å²) in [5.41, 5.74) is 1.13. The molecule has 0 unspecified atom stereocenters. The summed E-state index contributed by atoms with van der Waals surface area (Å²) in [6, 6.07) is 7.42. The van der Waals surface area contributed by atoms with E-state index < -0.39 is 5.41 Å². The van der Waals surface area contributed by atoms with Crippen molar-refractivity contribution in [2.75, 3.05) is 17.2 Å². The van der Waals surface area contributed by atoms with Crippen molar-refractivity contribution in [3.63, 3.8) is 0 Å². The SMILES string of the molecule is C=CCNC(=S)Nc1cccc(NC(=O)C(C)(C)C)c1. The molecule has 0 radical (unpaired) electrons. The van der Waals surface area contributed by atoms with Crippen molar-refractivity contribution in [2.24, 2.45) is 5.41 Å². The van der Waals surface area contributed by atoms with E-state index in [1.165, 1.54) is 0 Å². The number of anilines is 2. The van der Waals surface area contributed by atoms with Crippen LogP contribution in [0.1, 0.15) is 20.8 Å². The van der Waals surface area contributed by atoms with Gasteiger partial charge in [0.1, 0.15) is 0 Å². The van der Waals surface area contributed by atoms with E-state index in [0.29, 0.717) is 11.7 Å². The topological polar surface area (TPSA) is 53.2 Å². The number of amides is 1. The number of carbonyl (C=O) groups is 1. The van der Waals surface area contributed by atoms with Crippen molar-refractivity contribution < 1.29 is 4.79 Å². The predicted octanol–water partition coefficient (Wildman–Crippen LogP) is 3.14. The quantitative estimate of drug-likeness (QED) is 0.589. The summed E-state index contributed by atoms with van der Waals surface area (Å²) < 4.78 is 0. The van der Waals surface area contributed by atoms with E-state index in [4.69, 9.17) is 12.2 Å². The van der Waals surface area contributed by atoms with Gasteiger partial charge in [0.05, 0.1) is 0 Å². The minimum Gasteiger partial charge on any atom is -0.359 e. The second-order valence-corrected chi connectivity index (χ2v) is 5.82. The van der Waals surface area contributed by atoms with Crippen LogP contribution >= 0.6 is 12.2 Å². The molecular formula is C15H21N3OS. The Balaban J connectivity index is 2.69. The van der Waals surface area contributed by atoms with E-state index in [1.807, 2.05) is 45.0 Å². The smallest absolute Gasteiger partial charge is 0.229 e. The van der Waals surface area contributed by atoms with E-state index in [9.17, 15) is 4.79 Å². The number of carbonyl (C=O) groups excluding carboxylic acids is 1. The van der Waals surface area contributed by atoms with Crippen molar-refractivity contribution in [3.05, 3.63) is 36.9 Å².